The van der Waals surface area contributed by atoms with Crippen molar-refractivity contribution >= 4 is 28.5 Å². The number of hydrogen-bond donors (Lipinski definition) is 3. The Morgan fingerprint density at radius 3 is 2.56 bits per heavy atom. The molecule has 2 saturated heterocycles. The number of likely N-dealkylation sites (N-methyl/N-ethyl adjacent to an activating group) is 1. The van der Waals surface area contributed by atoms with Crippen molar-refractivity contribution in [1.29, 1.82) is 0 Å². The molecular weight excluding hydrogens is 575 g/mol. The van der Waals surface area contributed by atoms with E-state index in [0.29, 0.717) is 24.0 Å². The van der Waals surface area contributed by atoms with Gasteiger partial charge in [0.05, 0.1) is 17.8 Å². The summed E-state index contributed by atoms with van der Waals surface area (Å²) in [5, 5.41) is 2.82. The summed E-state index contributed by atoms with van der Waals surface area (Å²) in [6, 6.07) is 13.4. The van der Waals surface area contributed by atoms with Gasteiger partial charge in [-0.25, -0.2) is 9.37 Å². The van der Waals surface area contributed by atoms with Crippen LogP contribution in [0.15, 0.2) is 53.3 Å². The molecule has 11 nitrogen and oxygen atoms in total. The Hall–Kier alpha value is -3.65. The Balaban J connectivity index is 1.32. The summed E-state index contributed by atoms with van der Waals surface area (Å²) in [6.45, 7) is 6.01. The van der Waals surface area contributed by atoms with Crippen molar-refractivity contribution in [2.75, 3.05) is 35.9 Å². The van der Waals surface area contributed by atoms with Gasteiger partial charge >= 0.3 is 0 Å². The number of halogens is 1. The zero-order chi connectivity index (χ0) is 30.5. The molecule has 0 radical (unpaired) electrons. The van der Waals surface area contributed by atoms with Gasteiger partial charge in [-0.3, -0.25) is 27.6 Å². The number of aromatic nitrogens is 2. The molecule has 3 N–H and O–H groups in total. The summed E-state index contributed by atoms with van der Waals surface area (Å²) in [4.78, 5) is 34.3. The molecule has 2 bridgehead atoms. The van der Waals surface area contributed by atoms with Crippen LogP contribution in [0.1, 0.15) is 48.3 Å². The van der Waals surface area contributed by atoms with Gasteiger partial charge in [-0.05, 0) is 55.9 Å². The van der Waals surface area contributed by atoms with Crippen molar-refractivity contribution < 1.29 is 23.0 Å². The Labute approximate surface area is 251 Å². The molecule has 43 heavy (non-hydrogen) atoms. The second-order valence-corrected chi connectivity index (χ2v) is 14.0. The predicted molar refractivity (Wildman–Crippen MR) is 164 cm³/mol. The normalized spacial score (nSPS) is 20.0. The molecule has 4 aliphatic rings. The monoisotopic (exact) mass is 612 g/mol. The largest absolute Gasteiger partial charge is 0.481 e. The van der Waals surface area contributed by atoms with Gasteiger partial charge in [-0.15, -0.1) is 0 Å². The van der Waals surface area contributed by atoms with Crippen LogP contribution in [0.25, 0.3) is 0 Å². The molecular formula is C30H37FN6O5S. The summed E-state index contributed by atoms with van der Waals surface area (Å²) in [5.41, 5.74) is 0.457. The molecule has 1 amide bonds. The lowest BCUT2D eigenvalue weighted by molar-refractivity contribution is 0.0940. The maximum atomic E-state index is 14.4. The summed E-state index contributed by atoms with van der Waals surface area (Å²) >= 11 is 0. The Morgan fingerprint density at radius 1 is 1.16 bits per heavy atom. The first-order valence-electron chi connectivity index (χ1n) is 14.4. The highest BCUT2D eigenvalue weighted by Gasteiger charge is 2.47. The summed E-state index contributed by atoms with van der Waals surface area (Å²) < 4.78 is 46.9. The third-order valence-electron chi connectivity index (χ3n) is 8.69. The second kappa shape index (κ2) is 11.1. The van der Waals surface area contributed by atoms with Crippen LogP contribution in [0.4, 0.5) is 16.0 Å². The summed E-state index contributed by atoms with van der Waals surface area (Å²) in [6.07, 6.45) is 1.89. The van der Waals surface area contributed by atoms with Crippen molar-refractivity contribution in [2.45, 2.75) is 51.9 Å². The number of carbonyl (C=O) groups excluding carboxylic acids is 1. The number of anilines is 2. The zero-order valence-corrected chi connectivity index (χ0v) is 25.3. The van der Waals surface area contributed by atoms with E-state index >= 15 is 0 Å². The number of hydrogen-bond acceptors (Lipinski definition) is 9. The number of nitrogens with one attached hydrogen (secondary N) is 1. The number of piperidine rings is 1. The minimum atomic E-state index is -3.42. The maximum absolute atomic E-state index is 14.4. The molecule has 2 aromatic carbocycles. The van der Waals surface area contributed by atoms with E-state index in [1.54, 1.807) is 11.6 Å². The van der Waals surface area contributed by atoms with Gasteiger partial charge in [0, 0.05) is 33.2 Å². The smallest absolute Gasteiger partial charge is 0.298 e. The van der Waals surface area contributed by atoms with Crippen LogP contribution in [0.5, 0.6) is 5.75 Å². The van der Waals surface area contributed by atoms with Gasteiger partial charge in [0.1, 0.15) is 12.4 Å². The molecule has 0 atom stereocenters. The summed E-state index contributed by atoms with van der Waals surface area (Å²) in [7, 11) is -1.81. The van der Waals surface area contributed by atoms with Gasteiger partial charge < -0.3 is 15.0 Å². The highest BCUT2D eigenvalue weighted by molar-refractivity contribution is 8.23. The lowest BCUT2D eigenvalue weighted by Crippen LogP contribution is -2.37. The second-order valence-electron chi connectivity index (χ2n) is 12.0. The lowest BCUT2D eigenvalue weighted by atomic mass is 9.98. The van der Waals surface area contributed by atoms with Crippen LogP contribution < -0.4 is 24.8 Å². The predicted octanol–water partition coefficient (Wildman–Crippen LogP) is 4.23. The quantitative estimate of drug-likeness (QED) is 0.360. The molecule has 0 spiro atoms. The number of rotatable bonds is 7. The van der Waals surface area contributed by atoms with Crippen LogP contribution in [0, 0.1) is 11.7 Å². The van der Waals surface area contributed by atoms with Crippen LogP contribution in [-0.4, -0.2) is 61.1 Å². The highest BCUT2D eigenvalue weighted by Crippen LogP contribution is 2.58. The molecule has 13 heteroatoms. The molecule has 1 aromatic heterocycles. The Bertz CT molecular complexity index is 1590. The Morgan fingerprint density at radius 2 is 1.88 bits per heavy atom. The van der Waals surface area contributed by atoms with E-state index in [1.165, 1.54) is 26.8 Å². The summed E-state index contributed by atoms with van der Waals surface area (Å²) in [5.74, 6) is -0.472. The topological polar surface area (TPSA) is 123 Å². The van der Waals surface area contributed by atoms with E-state index in [9.17, 15) is 23.1 Å². The number of carbonyl (C=O) groups is 1. The van der Waals surface area contributed by atoms with Gasteiger partial charge in [-0.2, -0.15) is 4.31 Å². The van der Waals surface area contributed by atoms with E-state index in [4.69, 9.17) is 9.72 Å². The van der Waals surface area contributed by atoms with Crippen molar-refractivity contribution in [3.05, 3.63) is 81.5 Å². The fourth-order valence-electron chi connectivity index (χ4n) is 5.93. The zero-order valence-electron chi connectivity index (χ0n) is 24.5. The van der Waals surface area contributed by atoms with Crippen LogP contribution >= 0.6 is 11.0 Å². The first-order chi connectivity index (χ1) is 20.5. The third-order valence-corrected chi connectivity index (χ3v) is 10.8. The van der Waals surface area contributed by atoms with Gasteiger partial charge in [0.25, 0.3) is 11.5 Å². The third kappa shape index (κ3) is 5.46. The standard InChI is InChI=1S/C30H37FN6O5S/c1-30(2)19-37(43(40,41)34(30)3)24-15-23(31)10-9-22(24)16-32-27(38)25-26(42-18-21-7-5-4-6-8-21)28(39)36-17-20-11-13-35(14-12-20)29(36)33-25/h4-10,15,20,40-41H,11-14,16-19H2,1-3H3,(H,32,38). The highest BCUT2D eigenvalue weighted by atomic mass is 32.3. The van der Waals surface area contributed by atoms with Crippen LogP contribution in [-0.2, 0) is 19.7 Å². The van der Waals surface area contributed by atoms with Crippen molar-refractivity contribution in [1.82, 2.24) is 19.2 Å². The van der Waals surface area contributed by atoms with Crippen molar-refractivity contribution in [2.24, 2.45) is 5.92 Å². The van der Waals surface area contributed by atoms with Crippen molar-refractivity contribution in [3.8, 4) is 5.75 Å². The van der Waals surface area contributed by atoms with E-state index in [-0.39, 0.29) is 36.8 Å². The first-order valence-corrected chi connectivity index (χ1v) is 15.8. The number of amides is 1. The molecule has 0 aliphatic carbocycles. The SMILES string of the molecule is CN1C(C)(C)CN(c2cc(F)ccc2CNC(=O)c2nc3n(c(=O)c2OCc2ccccc2)CC2CCN3CC2)S1(O)O. The molecule has 7 rings (SSSR count). The van der Waals surface area contributed by atoms with E-state index < -0.39 is 33.8 Å². The number of nitrogens with zero attached hydrogens (tertiary/aromatic N) is 5. The molecule has 2 fully saturated rings. The molecule has 5 heterocycles. The van der Waals surface area contributed by atoms with Crippen LogP contribution in [0.2, 0.25) is 0 Å². The Kier molecular flexibility index (Phi) is 7.61. The molecule has 0 unspecified atom stereocenters. The fourth-order valence-corrected chi connectivity index (χ4v) is 7.87. The maximum Gasteiger partial charge on any atom is 0.298 e. The van der Waals surface area contributed by atoms with E-state index in [1.807, 2.05) is 49.1 Å². The molecule has 3 aromatic rings. The average molecular weight is 613 g/mol. The minimum Gasteiger partial charge on any atom is -0.481 e. The van der Waals surface area contributed by atoms with Crippen LogP contribution in [0.3, 0.4) is 0 Å². The molecule has 0 saturated carbocycles. The molecule has 230 valence electrons. The number of ether oxygens (including phenoxy) is 1. The number of fused-ring (bicyclic) bond motifs is 2. The van der Waals surface area contributed by atoms with E-state index in [0.717, 1.165) is 31.5 Å². The lowest BCUT2D eigenvalue weighted by Gasteiger charge is -2.43. The van der Waals surface area contributed by atoms with E-state index in [2.05, 4.69) is 5.32 Å². The van der Waals surface area contributed by atoms with Gasteiger partial charge in [0.15, 0.2) is 5.69 Å². The average Bonchev–Trinajstić information content (AvgIpc) is 3.18. The first kappa shape index (κ1) is 29.4. The van der Waals surface area contributed by atoms with Gasteiger partial charge in [0.2, 0.25) is 11.7 Å². The molecule has 4 aliphatic heterocycles. The number of benzene rings is 2. The fraction of sp³-hybridized carbons (Fsp3) is 0.433. The van der Waals surface area contributed by atoms with Gasteiger partial charge in [-0.1, -0.05) is 47.4 Å². The van der Waals surface area contributed by atoms with Crippen molar-refractivity contribution in [3.63, 3.8) is 0 Å². The minimum absolute atomic E-state index is 0.0748.